The first-order chi connectivity index (χ1) is 7.84. The number of hydrogen-bond acceptors (Lipinski definition) is 4. The lowest BCUT2D eigenvalue weighted by molar-refractivity contribution is 0.0251. The van der Waals surface area contributed by atoms with Gasteiger partial charge in [-0.3, -0.25) is 9.80 Å². The van der Waals surface area contributed by atoms with E-state index < -0.39 is 0 Å². The summed E-state index contributed by atoms with van der Waals surface area (Å²) in [6, 6.07) is 1.50. The van der Waals surface area contributed by atoms with Crippen molar-refractivity contribution in [1.29, 1.82) is 0 Å². The van der Waals surface area contributed by atoms with Gasteiger partial charge in [-0.2, -0.15) is 0 Å². The fourth-order valence-electron chi connectivity index (χ4n) is 3.17. The summed E-state index contributed by atoms with van der Waals surface area (Å²) in [7, 11) is 0. The molecule has 0 aromatic heterocycles. The Morgan fingerprint density at radius 1 is 1.06 bits per heavy atom. The lowest BCUT2D eigenvalue weighted by atomic mass is 10.1. The van der Waals surface area contributed by atoms with Crippen LogP contribution in [0, 0.1) is 0 Å². The van der Waals surface area contributed by atoms with Gasteiger partial charge in [-0.25, -0.2) is 0 Å². The van der Waals surface area contributed by atoms with Crippen molar-refractivity contribution >= 4 is 0 Å². The van der Waals surface area contributed by atoms with Crippen LogP contribution in [0.2, 0.25) is 0 Å². The van der Waals surface area contributed by atoms with E-state index in [-0.39, 0.29) is 0 Å². The van der Waals surface area contributed by atoms with Crippen LogP contribution in [-0.2, 0) is 4.74 Å². The highest BCUT2D eigenvalue weighted by Gasteiger charge is 2.34. The third kappa shape index (κ3) is 1.99. The van der Waals surface area contributed by atoms with E-state index in [9.17, 15) is 0 Å². The van der Waals surface area contributed by atoms with Gasteiger partial charge in [0.1, 0.15) is 0 Å². The van der Waals surface area contributed by atoms with Gasteiger partial charge in [-0.05, 0) is 13.3 Å². The third-order valence-corrected chi connectivity index (χ3v) is 4.43. The van der Waals surface area contributed by atoms with Crippen LogP contribution < -0.4 is 5.32 Å². The minimum atomic E-state index is 0.442. The van der Waals surface area contributed by atoms with Crippen molar-refractivity contribution in [2.45, 2.75) is 31.5 Å². The molecule has 16 heavy (non-hydrogen) atoms. The van der Waals surface area contributed by atoms with E-state index in [4.69, 9.17) is 4.74 Å². The Balaban J connectivity index is 1.49. The summed E-state index contributed by atoms with van der Waals surface area (Å²) < 4.78 is 5.66. The Kier molecular flexibility index (Phi) is 3.16. The SMILES string of the molecule is CC1OCCC1N1CCN(C2CNC2)CC1. The molecule has 0 aliphatic carbocycles. The molecule has 3 aliphatic heterocycles. The van der Waals surface area contributed by atoms with Crippen LogP contribution in [0.1, 0.15) is 13.3 Å². The van der Waals surface area contributed by atoms with Crippen LogP contribution in [0.5, 0.6) is 0 Å². The smallest absolute Gasteiger partial charge is 0.0703 e. The maximum Gasteiger partial charge on any atom is 0.0703 e. The van der Waals surface area contributed by atoms with Crippen molar-refractivity contribution in [2.24, 2.45) is 0 Å². The number of ether oxygens (including phenoxy) is 1. The Morgan fingerprint density at radius 3 is 2.25 bits per heavy atom. The van der Waals surface area contributed by atoms with Gasteiger partial charge in [0.2, 0.25) is 0 Å². The monoisotopic (exact) mass is 225 g/mol. The van der Waals surface area contributed by atoms with E-state index in [1.807, 2.05) is 0 Å². The first-order valence-corrected chi connectivity index (χ1v) is 6.65. The molecule has 92 valence electrons. The molecule has 2 unspecified atom stereocenters. The Morgan fingerprint density at radius 2 is 1.75 bits per heavy atom. The molecule has 0 spiro atoms. The van der Waals surface area contributed by atoms with E-state index in [0.29, 0.717) is 12.1 Å². The molecule has 0 bridgehead atoms. The lowest BCUT2D eigenvalue weighted by Crippen LogP contribution is -2.62. The molecular weight excluding hydrogens is 202 g/mol. The van der Waals surface area contributed by atoms with Crippen LogP contribution in [0.3, 0.4) is 0 Å². The Bertz CT molecular complexity index is 236. The van der Waals surface area contributed by atoms with Gasteiger partial charge < -0.3 is 10.1 Å². The summed E-state index contributed by atoms with van der Waals surface area (Å²) in [5, 5.41) is 3.36. The van der Waals surface area contributed by atoms with Crippen molar-refractivity contribution < 1.29 is 4.74 Å². The fourth-order valence-corrected chi connectivity index (χ4v) is 3.17. The number of hydrogen-bond donors (Lipinski definition) is 1. The normalized spacial score (nSPS) is 38.8. The molecule has 4 nitrogen and oxygen atoms in total. The fraction of sp³-hybridized carbons (Fsp3) is 1.00. The largest absolute Gasteiger partial charge is 0.377 e. The lowest BCUT2D eigenvalue weighted by Gasteiger charge is -2.45. The molecule has 2 atom stereocenters. The van der Waals surface area contributed by atoms with Crippen LogP contribution in [0.15, 0.2) is 0 Å². The number of nitrogens with one attached hydrogen (secondary N) is 1. The molecule has 3 heterocycles. The number of piperazine rings is 1. The van der Waals surface area contributed by atoms with E-state index in [1.54, 1.807) is 0 Å². The zero-order valence-corrected chi connectivity index (χ0v) is 10.2. The van der Waals surface area contributed by atoms with Crippen molar-refractivity contribution in [3.63, 3.8) is 0 Å². The zero-order valence-electron chi connectivity index (χ0n) is 10.2. The molecule has 3 fully saturated rings. The topological polar surface area (TPSA) is 27.7 Å². The highest BCUT2D eigenvalue weighted by molar-refractivity contribution is 4.90. The van der Waals surface area contributed by atoms with Gasteiger partial charge in [-0.1, -0.05) is 0 Å². The van der Waals surface area contributed by atoms with Crippen LogP contribution >= 0.6 is 0 Å². The highest BCUT2D eigenvalue weighted by atomic mass is 16.5. The second-order valence-electron chi connectivity index (χ2n) is 5.32. The van der Waals surface area contributed by atoms with E-state index >= 15 is 0 Å². The highest BCUT2D eigenvalue weighted by Crippen LogP contribution is 2.21. The van der Waals surface area contributed by atoms with E-state index in [1.165, 1.54) is 45.7 Å². The zero-order chi connectivity index (χ0) is 11.0. The van der Waals surface area contributed by atoms with Gasteiger partial charge in [0.25, 0.3) is 0 Å². The minimum Gasteiger partial charge on any atom is -0.377 e. The molecule has 0 saturated carbocycles. The number of nitrogens with zero attached hydrogens (tertiary/aromatic N) is 2. The molecule has 3 rings (SSSR count). The summed E-state index contributed by atoms with van der Waals surface area (Å²) in [5.74, 6) is 0. The molecule has 3 saturated heterocycles. The predicted octanol–water partition coefficient (Wildman–Crippen LogP) is -0.247. The molecule has 4 heteroatoms. The minimum absolute atomic E-state index is 0.442. The average Bonchev–Trinajstić information content (AvgIpc) is 2.63. The quantitative estimate of drug-likeness (QED) is 0.701. The van der Waals surface area contributed by atoms with Crippen molar-refractivity contribution in [3.05, 3.63) is 0 Å². The van der Waals surface area contributed by atoms with Gasteiger partial charge >= 0.3 is 0 Å². The van der Waals surface area contributed by atoms with Crippen LogP contribution in [0.25, 0.3) is 0 Å². The molecule has 0 radical (unpaired) electrons. The molecule has 0 amide bonds. The second kappa shape index (κ2) is 4.61. The standard InChI is InChI=1S/C12H23N3O/c1-10-12(2-7-16-10)15-5-3-14(4-6-15)11-8-13-9-11/h10-13H,2-9H2,1H3. The summed E-state index contributed by atoms with van der Waals surface area (Å²) in [4.78, 5) is 5.29. The summed E-state index contributed by atoms with van der Waals surface area (Å²) >= 11 is 0. The van der Waals surface area contributed by atoms with Crippen LogP contribution in [0.4, 0.5) is 0 Å². The van der Waals surface area contributed by atoms with Crippen molar-refractivity contribution in [2.75, 3.05) is 45.9 Å². The maximum absolute atomic E-state index is 5.66. The summed E-state index contributed by atoms with van der Waals surface area (Å²) in [5.41, 5.74) is 0. The summed E-state index contributed by atoms with van der Waals surface area (Å²) in [6.45, 7) is 10.5. The first-order valence-electron chi connectivity index (χ1n) is 6.65. The average molecular weight is 225 g/mol. The third-order valence-electron chi connectivity index (χ3n) is 4.43. The first kappa shape index (κ1) is 11.0. The van der Waals surface area contributed by atoms with Gasteiger partial charge in [0.05, 0.1) is 6.10 Å². The molecule has 0 aromatic carbocycles. The van der Waals surface area contributed by atoms with Gasteiger partial charge in [-0.15, -0.1) is 0 Å². The van der Waals surface area contributed by atoms with E-state index in [2.05, 4.69) is 22.0 Å². The second-order valence-corrected chi connectivity index (χ2v) is 5.32. The Labute approximate surface area is 97.9 Å². The Hall–Kier alpha value is -0.160. The number of rotatable bonds is 2. The van der Waals surface area contributed by atoms with E-state index in [0.717, 1.165) is 12.6 Å². The van der Waals surface area contributed by atoms with Crippen molar-refractivity contribution in [3.8, 4) is 0 Å². The molecule has 3 aliphatic rings. The maximum atomic E-state index is 5.66. The predicted molar refractivity (Wildman–Crippen MR) is 63.6 cm³/mol. The van der Waals surface area contributed by atoms with Gasteiger partial charge in [0.15, 0.2) is 0 Å². The van der Waals surface area contributed by atoms with Crippen molar-refractivity contribution in [1.82, 2.24) is 15.1 Å². The van der Waals surface area contributed by atoms with Gasteiger partial charge in [0, 0.05) is 58.0 Å². The van der Waals surface area contributed by atoms with Crippen LogP contribution in [-0.4, -0.2) is 73.9 Å². The molecule has 0 aromatic rings. The molecule has 1 N–H and O–H groups in total. The summed E-state index contributed by atoms with van der Waals surface area (Å²) in [6.07, 6.45) is 1.67. The molecular formula is C12H23N3O.